The van der Waals surface area contributed by atoms with Crippen molar-refractivity contribution in [1.29, 1.82) is 0 Å². The summed E-state index contributed by atoms with van der Waals surface area (Å²) in [5, 5.41) is 5.66. The van der Waals surface area contributed by atoms with Gasteiger partial charge in [0.25, 0.3) is 0 Å². The molecule has 0 aliphatic carbocycles. The summed E-state index contributed by atoms with van der Waals surface area (Å²) in [4.78, 5) is 31.1. The van der Waals surface area contributed by atoms with Gasteiger partial charge < -0.3 is 34.4 Å². The number of imidazole rings is 2. The molecule has 10 nitrogen and oxygen atoms in total. The van der Waals surface area contributed by atoms with Crippen LogP contribution in [0.2, 0.25) is 0 Å². The minimum absolute atomic E-state index is 0.142. The van der Waals surface area contributed by atoms with Crippen LogP contribution in [0.4, 0.5) is 4.79 Å². The Morgan fingerprint density at radius 2 is 1.96 bits per heavy atom. The van der Waals surface area contributed by atoms with Crippen LogP contribution in [0.1, 0.15) is 58.3 Å². The number of benzene rings is 3. The molecular formula is C36H44N6O4. The highest BCUT2D eigenvalue weighted by Gasteiger charge is 2.25. The summed E-state index contributed by atoms with van der Waals surface area (Å²) in [5.74, 6) is 2.64. The predicted octanol–water partition coefficient (Wildman–Crippen LogP) is 7.18. The molecule has 0 saturated carbocycles. The smallest absolute Gasteiger partial charge is 0.410 e. The maximum atomic E-state index is 13.0. The topological polar surface area (TPSA) is 117 Å². The molecule has 10 heteroatoms. The summed E-state index contributed by atoms with van der Waals surface area (Å²) < 4.78 is 17.3. The molecule has 1 atom stereocenters. The van der Waals surface area contributed by atoms with Crippen molar-refractivity contribution in [3.8, 4) is 28.1 Å². The van der Waals surface area contributed by atoms with Gasteiger partial charge >= 0.3 is 6.09 Å². The third-order valence-corrected chi connectivity index (χ3v) is 8.04. The number of H-pyrrole nitrogens is 2. The van der Waals surface area contributed by atoms with Crippen LogP contribution < -0.4 is 10.1 Å². The van der Waals surface area contributed by atoms with E-state index < -0.39 is 5.60 Å². The van der Waals surface area contributed by atoms with Gasteiger partial charge in [-0.2, -0.15) is 0 Å². The molecule has 3 heterocycles. The van der Waals surface area contributed by atoms with Gasteiger partial charge in [0.1, 0.15) is 29.6 Å². The highest BCUT2D eigenvalue weighted by atomic mass is 16.6. The first kappa shape index (κ1) is 31.6. The van der Waals surface area contributed by atoms with E-state index in [0.29, 0.717) is 38.7 Å². The second-order valence-corrected chi connectivity index (χ2v) is 13.2. The second-order valence-electron chi connectivity index (χ2n) is 13.2. The van der Waals surface area contributed by atoms with E-state index in [-0.39, 0.29) is 12.0 Å². The van der Waals surface area contributed by atoms with E-state index in [1.54, 1.807) is 12.0 Å². The van der Waals surface area contributed by atoms with Gasteiger partial charge in [0.2, 0.25) is 0 Å². The molecular weight excluding hydrogens is 580 g/mol. The zero-order chi connectivity index (χ0) is 32.4. The van der Waals surface area contributed by atoms with Crippen molar-refractivity contribution in [3.05, 3.63) is 65.9 Å². The number of rotatable bonds is 11. The van der Waals surface area contributed by atoms with Gasteiger partial charge in [-0.15, -0.1) is 0 Å². The zero-order valence-electron chi connectivity index (χ0n) is 27.6. The Kier molecular flexibility index (Phi) is 9.02. The van der Waals surface area contributed by atoms with Gasteiger partial charge in [0, 0.05) is 24.6 Å². The van der Waals surface area contributed by atoms with Crippen molar-refractivity contribution >= 4 is 27.9 Å². The molecule has 242 valence electrons. The van der Waals surface area contributed by atoms with E-state index in [0.717, 1.165) is 74.3 Å². The van der Waals surface area contributed by atoms with Crippen molar-refractivity contribution in [1.82, 2.24) is 30.2 Å². The van der Waals surface area contributed by atoms with Gasteiger partial charge in [-0.25, -0.2) is 14.8 Å². The number of aromatic amines is 2. The summed E-state index contributed by atoms with van der Waals surface area (Å²) in [6.07, 6.45) is 2.53. The first-order valence-corrected chi connectivity index (χ1v) is 16.0. The van der Waals surface area contributed by atoms with Crippen LogP contribution in [0, 0.1) is 5.92 Å². The SMILES string of the molecule is CCCNCc1nc2ccc3cc4c(cc3c2[nH]1)OCc1cc(-c2cnc(CN(C[C@H](C)COC)C(=O)OC(C)(C)C)[nH]2)ccc1-4. The van der Waals surface area contributed by atoms with Gasteiger partial charge in [-0.05, 0) is 86.0 Å². The molecule has 0 bridgehead atoms. The molecule has 3 aromatic carbocycles. The van der Waals surface area contributed by atoms with E-state index >= 15 is 0 Å². The van der Waals surface area contributed by atoms with Crippen LogP contribution in [0.3, 0.4) is 0 Å². The Balaban J connectivity index is 1.23. The van der Waals surface area contributed by atoms with Crippen molar-refractivity contribution in [2.75, 3.05) is 26.8 Å². The largest absolute Gasteiger partial charge is 0.488 e. The molecule has 1 aliphatic heterocycles. The van der Waals surface area contributed by atoms with E-state index in [9.17, 15) is 4.79 Å². The summed E-state index contributed by atoms with van der Waals surface area (Å²) >= 11 is 0. The zero-order valence-corrected chi connectivity index (χ0v) is 27.6. The van der Waals surface area contributed by atoms with E-state index in [4.69, 9.17) is 19.2 Å². The molecule has 0 spiro atoms. The number of amides is 1. The standard InChI is InChI=1S/C36H44N6O4/c1-7-12-37-17-32-39-29-11-9-23-14-28-26-10-8-24(13-25(26)21-45-31(28)15-27(23)34(29)41-32)30-16-38-33(40-30)19-42(18-22(2)20-44-6)35(43)46-36(3,4)5/h8-11,13-16,22,37H,7,12,17-21H2,1-6H3,(H,38,40)(H,39,41)/t22-/m0/s1. The normalized spacial score (nSPS) is 13.3. The maximum Gasteiger partial charge on any atom is 0.410 e. The molecule has 6 rings (SSSR count). The molecule has 46 heavy (non-hydrogen) atoms. The number of methoxy groups -OCH3 is 1. The average molecular weight is 625 g/mol. The van der Waals surface area contributed by atoms with E-state index in [1.165, 1.54) is 0 Å². The number of aromatic nitrogens is 4. The number of nitrogens with one attached hydrogen (secondary N) is 3. The fraction of sp³-hybridized carbons (Fsp3) is 0.417. The lowest BCUT2D eigenvalue weighted by Crippen LogP contribution is -2.39. The van der Waals surface area contributed by atoms with Gasteiger partial charge in [0.05, 0.1) is 42.6 Å². The number of hydrogen-bond acceptors (Lipinski definition) is 7. The highest BCUT2D eigenvalue weighted by molar-refractivity contribution is 6.07. The Morgan fingerprint density at radius 1 is 1.11 bits per heavy atom. The quantitative estimate of drug-likeness (QED) is 0.133. The molecule has 0 radical (unpaired) electrons. The summed E-state index contributed by atoms with van der Waals surface area (Å²) in [6, 6.07) is 15.0. The van der Waals surface area contributed by atoms with Crippen LogP contribution in [-0.4, -0.2) is 63.3 Å². The monoisotopic (exact) mass is 624 g/mol. The van der Waals surface area contributed by atoms with Gasteiger partial charge in [-0.3, -0.25) is 0 Å². The lowest BCUT2D eigenvalue weighted by Gasteiger charge is -2.28. The third-order valence-electron chi connectivity index (χ3n) is 8.04. The van der Waals surface area contributed by atoms with Crippen molar-refractivity contribution in [2.45, 2.75) is 66.3 Å². The summed E-state index contributed by atoms with van der Waals surface area (Å²) in [6.45, 7) is 13.3. The number of carbonyl (C=O) groups excluding carboxylic acids is 1. The number of fused-ring (bicyclic) bond motifs is 6. The van der Waals surface area contributed by atoms with Crippen LogP contribution >= 0.6 is 0 Å². The van der Waals surface area contributed by atoms with E-state index in [1.807, 2.05) is 33.9 Å². The Hall–Kier alpha value is -4.41. The van der Waals surface area contributed by atoms with Crippen LogP contribution in [-0.2, 0) is 29.2 Å². The van der Waals surface area contributed by atoms with Crippen molar-refractivity contribution < 1.29 is 19.0 Å². The van der Waals surface area contributed by atoms with Crippen molar-refractivity contribution in [2.24, 2.45) is 5.92 Å². The first-order chi connectivity index (χ1) is 22.1. The van der Waals surface area contributed by atoms with E-state index in [2.05, 4.69) is 69.7 Å². The summed E-state index contributed by atoms with van der Waals surface area (Å²) in [7, 11) is 1.66. The molecule has 0 fully saturated rings. The minimum atomic E-state index is -0.593. The minimum Gasteiger partial charge on any atom is -0.488 e. The van der Waals surface area contributed by atoms with Crippen LogP contribution in [0.25, 0.3) is 44.2 Å². The van der Waals surface area contributed by atoms with Crippen LogP contribution in [0.5, 0.6) is 5.75 Å². The van der Waals surface area contributed by atoms with Gasteiger partial charge in [-0.1, -0.05) is 32.0 Å². The predicted molar refractivity (Wildman–Crippen MR) is 181 cm³/mol. The van der Waals surface area contributed by atoms with Gasteiger partial charge in [0.15, 0.2) is 0 Å². The molecule has 5 aromatic rings. The lowest BCUT2D eigenvalue weighted by molar-refractivity contribution is 0.0172. The van der Waals surface area contributed by atoms with Crippen molar-refractivity contribution in [3.63, 3.8) is 0 Å². The summed E-state index contributed by atoms with van der Waals surface area (Å²) in [5.41, 5.74) is 6.62. The molecule has 1 aliphatic rings. The Morgan fingerprint density at radius 3 is 2.74 bits per heavy atom. The Labute approximate surface area is 269 Å². The maximum absolute atomic E-state index is 13.0. The number of hydrogen-bond donors (Lipinski definition) is 3. The average Bonchev–Trinajstić information content (AvgIpc) is 3.66. The molecule has 0 unspecified atom stereocenters. The number of ether oxygens (including phenoxy) is 3. The Bertz CT molecular complexity index is 1850. The van der Waals surface area contributed by atoms with Crippen LogP contribution in [0.15, 0.2) is 48.7 Å². The molecule has 2 aromatic heterocycles. The molecule has 3 N–H and O–H groups in total. The highest BCUT2D eigenvalue weighted by Crippen LogP contribution is 2.42. The fourth-order valence-corrected chi connectivity index (χ4v) is 5.99. The molecule has 0 saturated heterocycles. The first-order valence-electron chi connectivity index (χ1n) is 16.0. The fourth-order valence-electron chi connectivity index (χ4n) is 5.99. The second kappa shape index (κ2) is 13.1. The third kappa shape index (κ3) is 6.88. The lowest BCUT2D eigenvalue weighted by atomic mass is 9.92. The number of carbonyl (C=O) groups is 1. The molecule has 1 amide bonds. The number of nitrogens with zero attached hydrogens (tertiary/aromatic N) is 3.